The van der Waals surface area contributed by atoms with Crippen LogP contribution in [0, 0.1) is 0 Å². The van der Waals surface area contributed by atoms with Crippen LogP contribution in [0.1, 0.15) is 36.8 Å². The molecular formula is C18H27IN4O2. The van der Waals surface area contributed by atoms with Crippen LogP contribution in [0.25, 0.3) is 0 Å². The van der Waals surface area contributed by atoms with Crippen molar-refractivity contribution in [2.75, 3.05) is 20.7 Å². The standard InChI is InChI=1S/C18H26N4O2.HI/c1-13(2)17-11-16(24-22-17)12-21-18(19-3)20-9-8-14-6-5-7-15(10-14)23-4;/h5-7,10-11,13H,8-9,12H2,1-4H3,(H2,19,20,21);1H. The molecule has 7 heteroatoms. The average molecular weight is 458 g/mol. The lowest BCUT2D eigenvalue weighted by Gasteiger charge is -2.11. The number of nitrogens with zero attached hydrogens (tertiary/aromatic N) is 2. The second-order valence-electron chi connectivity index (χ2n) is 5.83. The third kappa shape index (κ3) is 6.93. The van der Waals surface area contributed by atoms with Crippen LogP contribution in [0.2, 0.25) is 0 Å². The number of nitrogens with one attached hydrogen (secondary N) is 2. The van der Waals surface area contributed by atoms with E-state index in [0.717, 1.165) is 36.1 Å². The third-order valence-corrected chi connectivity index (χ3v) is 3.66. The molecule has 1 aromatic carbocycles. The van der Waals surface area contributed by atoms with Crippen molar-refractivity contribution in [1.29, 1.82) is 0 Å². The largest absolute Gasteiger partial charge is 0.497 e. The Kier molecular flexibility index (Phi) is 9.33. The number of guanidine groups is 1. The Morgan fingerprint density at radius 1 is 1.28 bits per heavy atom. The van der Waals surface area contributed by atoms with Gasteiger partial charge in [0.05, 0.1) is 19.3 Å². The number of hydrogen-bond donors (Lipinski definition) is 2. The smallest absolute Gasteiger partial charge is 0.191 e. The van der Waals surface area contributed by atoms with Gasteiger partial charge in [-0.25, -0.2) is 0 Å². The fraction of sp³-hybridized carbons (Fsp3) is 0.444. The van der Waals surface area contributed by atoms with Crippen molar-refractivity contribution in [3.05, 3.63) is 47.3 Å². The van der Waals surface area contributed by atoms with Gasteiger partial charge in [0.15, 0.2) is 11.7 Å². The van der Waals surface area contributed by atoms with Gasteiger partial charge in [0.2, 0.25) is 0 Å². The number of rotatable bonds is 7. The summed E-state index contributed by atoms with van der Waals surface area (Å²) in [6.07, 6.45) is 0.887. The van der Waals surface area contributed by atoms with Gasteiger partial charge in [-0.1, -0.05) is 31.1 Å². The van der Waals surface area contributed by atoms with Gasteiger partial charge in [0.25, 0.3) is 0 Å². The monoisotopic (exact) mass is 458 g/mol. The first kappa shape index (κ1) is 21.3. The summed E-state index contributed by atoms with van der Waals surface area (Å²) >= 11 is 0. The molecule has 0 fully saturated rings. The molecule has 138 valence electrons. The molecule has 1 aromatic heterocycles. The lowest BCUT2D eigenvalue weighted by Crippen LogP contribution is -2.37. The zero-order chi connectivity index (χ0) is 17.4. The molecule has 0 unspecified atom stereocenters. The van der Waals surface area contributed by atoms with Gasteiger partial charge in [-0.3, -0.25) is 4.99 Å². The van der Waals surface area contributed by atoms with Crippen LogP contribution in [-0.4, -0.2) is 31.8 Å². The molecular weight excluding hydrogens is 431 g/mol. The molecule has 0 saturated carbocycles. The van der Waals surface area contributed by atoms with Gasteiger partial charge in [0.1, 0.15) is 5.75 Å². The Morgan fingerprint density at radius 3 is 2.72 bits per heavy atom. The van der Waals surface area contributed by atoms with Crippen molar-refractivity contribution < 1.29 is 9.26 Å². The van der Waals surface area contributed by atoms with Gasteiger partial charge in [-0.05, 0) is 30.0 Å². The Morgan fingerprint density at radius 2 is 2.08 bits per heavy atom. The summed E-state index contributed by atoms with van der Waals surface area (Å²) in [4.78, 5) is 4.22. The Bertz CT molecular complexity index is 671. The Labute approximate surface area is 166 Å². The number of halogens is 1. The zero-order valence-corrected chi connectivity index (χ0v) is 17.5. The van der Waals surface area contributed by atoms with Crippen molar-refractivity contribution in [3.8, 4) is 5.75 Å². The first-order valence-corrected chi connectivity index (χ1v) is 8.15. The van der Waals surface area contributed by atoms with E-state index in [1.807, 2.05) is 24.3 Å². The van der Waals surface area contributed by atoms with Crippen LogP contribution < -0.4 is 15.4 Å². The van der Waals surface area contributed by atoms with Crippen LogP contribution in [0.5, 0.6) is 5.75 Å². The number of ether oxygens (including phenoxy) is 1. The average Bonchev–Trinajstić information content (AvgIpc) is 3.07. The molecule has 0 aliphatic rings. The summed E-state index contributed by atoms with van der Waals surface area (Å²) in [7, 11) is 3.43. The lowest BCUT2D eigenvalue weighted by molar-refractivity contribution is 0.372. The van der Waals surface area contributed by atoms with Crippen LogP contribution in [0.3, 0.4) is 0 Å². The van der Waals surface area contributed by atoms with E-state index in [2.05, 4.69) is 40.7 Å². The van der Waals surface area contributed by atoms with E-state index >= 15 is 0 Å². The molecule has 1 heterocycles. The summed E-state index contributed by atoms with van der Waals surface area (Å²) < 4.78 is 10.5. The van der Waals surface area contributed by atoms with E-state index in [1.54, 1.807) is 14.2 Å². The number of benzene rings is 1. The number of hydrogen-bond acceptors (Lipinski definition) is 4. The van der Waals surface area contributed by atoms with Crippen LogP contribution in [0.15, 0.2) is 39.8 Å². The van der Waals surface area contributed by atoms with Crippen LogP contribution in [-0.2, 0) is 13.0 Å². The summed E-state index contributed by atoms with van der Waals surface area (Å²) in [6.45, 7) is 5.52. The molecule has 0 saturated heterocycles. The highest BCUT2D eigenvalue weighted by molar-refractivity contribution is 14.0. The van der Waals surface area contributed by atoms with Crippen LogP contribution >= 0.6 is 24.0 Å². The summed E-state index contributed by atoms with van der Waals surface area (Å²) in [6, 6.07) is 10.0. The fourth-order valence-corrected chi connectivity index (χ4v) is 2.23. The maximum absolute atomic E-state index is 5.31. The molecule has 0 amide bonds. The van der Waals surface area contributed by atoms with Gasteiger partial charge >= 0.3 is 0 Å². The minimum Gasteiger partial charge on any atom is -0.497 e. The molecule has 0 atom stereocenters. The normalized spacial score (nSPS) is 11.2. The Balaban J connectivity index is 0.00000312. The molecule has 6 nitrogen and oxygen atoms in total. The minimum absolute atomic E-state index is 0. The van der Waals surface area contributed by atoms with Crippen molar-refractivity contribution >= 4 is 29.9 Å². The summed E-state index contributed by atoms with van der Waals surface area (Å²) in [5.74, 6) is 2.78. The molecule has 0 aliphatic carbocycles. The second kappa shape index (κ2) is 11.0. The lowest BCUT2D eigenvalue weighted by atomic mass is 10.1. The zero-order valence-electron chi connectivity index (χ0n) is 15.2. The van der Waals surface area contributed by atoms with Gasteiger partial charge in [0, 0.05) is 19.7 Å². The number of aliphatic imine (C=N–C) groups is 1. The quantitative estimate of drug-likeness (QED) is 0.379. The van der Waals surface area contributed by atoms with Gasteiger partial charge in [-0.2, -0.15) is 0 Å². The van der Waals surface area contributed by atoms with Crippen molar-refractivity contribution in [2.45, 2.75) is 32.7 Å². The minimum atomic E-state index is 0. The molecule has 2 N–H and O–H groups in total. The number of methoxy groups -OCH3 is 1. The van der Waals surface area contributed by atoms with Crippen molar-refractivity contribution in [1.82, 2.24) is 15.8 Å². The van der Waals surface area contributed by atoms with E-state index in [-0.39, 0.29) is 24.0 Å². The second-order valence-corrected chi connectivity index (χ2v) is 5.83. The van der Waals surface area contributed by atoms with Gasteiger partial charge in [-0.15, -0.1) is 24.0 Å². The van der Waals surface area contributed by atoms with Crippen molar-refractivity contribution in [3.63, 3.8) is 0 Å². The third-order valence-electron chi connectivity index (χ3n) is 3.66. The SMILES string of the molecule is CN=C(NCCc1cccc(OC)c1)NCc1cc(C(C)C)no1.I. The topological polar surface area (TPSA) is 71.7 Å². The summed E-state index contributed by atoms with van der Waals surface area (Å²) in [5, 5.41) is 10.6. The predicted molar refractivity (Wildman–Crippen MR) is 111 cm³/mol. The highest BCUT2D eigenvalue weighted by Gasteiger charge is 2.08. The number of aromatic nitrogens is 1. The van der Waals surface area contributed by atoms with E-state index in [9.17, 15) is 0 Å². The van der Waals surface area contributed by atoms with Crippen LogP contribution in [0.4, 0.5) is 0 Å². The molecule has 25 heavy (non-hydrogen) atoms. The first-order chi connectivity index (χ1) is 11.6. The molecule has 0 bridgehead atoms. The fourth-order valence-electron chi connectivity index (χ4n) is 2.23. The van der Waals surface area contributed by atoms with Gasteiger partial charge < -0.3 is 19.9 Å². The van der Waals surface area contributed by atoms with E-state index in [0.29, 0.717) is 12.5 Å². The Hall–Kier alpha value is -1.77. The highest BCUT2D eigenvalue weighted by Crippen LogP contribution is 2.14. The first-order valence-electron chi connectivity index (χ1n) is 8.15. The summed E-state index contributed by atoms with van der Waals surface area (Å²) in [5.41, 5.74) is 2.18. The molecule has 0 radical (unpaired) electrons. The predicted octanol–water partition coefficient (Wildman–Crippen LogP) is 3.33. The van der Waals surface area contributed by atoms with E-state index in [1.165, 1.54) is 5.56 Å². The van der Waals surface area contributed by atoms with E-state index in [4.69, 9.17) is 9.26 Å². The molecule has 0 aliphatic heterocycles. The molecule has 2 aromatic rings. The maximum Gasteiger partial charge on any atom is 0.191 e. The molecule has 2 rings (SSSR count). The molecule has 0 spiro atoms. The van der Waals surface area contributed by atoms with E-state index < -0.39 is 0 Å². The van der Waals surface area contributed by atoms with Crippen molar-refractivity contribution in [2.24, 2.45) is 4.99 Å². The highest BCUT2D eigenvalue weighted by atomic mass is 127. The maximum atomic E-state index is 5.31.